The van der Waals surface area contributed by atoms with Crippen LogP contribution in [0.1, 0.15) is 45.4 Å². The Balaban J connectivity index is 1.63. The summed E-state index contributed by atoms with van der Waals surface area (Å²) in [5, 5.41) is 3.17. The number of nitrogens with one attached hydrogen (secondary N) is 1. The lowest BCUT2D eigenvalue weighted by molar-refractivity contribution is -0.148. The van der Waals surface area contributed by atoms with Gasteiger partial charge in [0, 0.05) is 26.2 Å². The van der Waals surface area contributed by atoms with E-state index in [1.54, 1.807) is 14.2 Å². The molecule has 4 fully saturated rings. The molecule has 4 aliphatic rings. The first-order chi connectivity index (χ1) is 9.98. The molecule has 4 heteroatoms. The third-order valence-corrected chi connectivity index (χ3v) is 6.09. The fourth-order valence-electron chi connectivity index (χ4n) is 5.33. The molecule has 0 aliphatic heterocycles. The van der Waals surface area contributed by atoms with Crippen LogP contribution in [0.25, 0.3) is 0 Å². The van der Waals surface area contributed by atoms with Gasteiger partial charge in [-0.25, -0.2) is 0 Å². The minimum absolute atomic E-state index is 0.0729. The van der Waals surface area contributed by atoms with E-state index in [2.05, 4.69) is 5.32 Å². The number of amides is 1. The van der Waals surface area contributed by atoms with Crippen LogP contribution in [0, 0.1) is 23.2 Å². The molecule has 4 bridgehead atoms. The van der Waals surface area contributed by atoms with Crippen LogP contribution < -0.4 is 5.32 Å². The van der Waals surface area contributed by atoms with Crippen molar-refractivity contribution >= 4 is 5.91 Å². The van der Waals surface area contributed by atoms with Crippen molar-refractivity contribution in [3.8, 4) is 0 Å². The van der Waals surface area contributed by atoms with Crippen LogP contribution in [-0.4, -0.2) is 38.9 Å². The Labute approximate surface area is 127 Å². The SMILES string of the molecule is COC[C@](C)(CNC(=O)C12CC3CC(CC(C3)C1)C2)OC. The lowest BCUT2D eigenvalue weighted by Gasteiger charge is -2.55. The van der Waals surface area contributed by atoms with E-state index in [0.717, 1.165) is 37.0 Å². The summed E-state index contributed by atoms with van der Waals surface area (Å²) in [7, 11) is 3.34. The number of hydrogen-bond donors (Lipinski definition) is 1. The average molecular weight is 295 g/mol. The summed E-state index contributed by atoms with van der Waals surface area (Å²) in [6, 6.07) is 0. The van der Waals surface area contributed by atoms with Crippen LogP contribution in [-0.2, 0) is 14.3 Å². The Hall–Kier alpha value is -0.610. The molecular weight excluding hydrogens is 266 g/mol. The van der Waals surface area contributed by atoms with E-state index in [-0.39, 0.29) is 11.3 Å². The van der Waals surface area contributed by atoms with Gasteiger partial charge in [-0.1, -0.05) is 0 Å². The molecule has 4 nitrogen and oxygen atoms in total. The Morgan fingerprint density at radius 1 is 1.14 bits per heavy atom. The highest BCUT2D eigenvalue weighted by molar-refractivity contribution is 5.83. The van der Waals surface area contributed by atoms with Crippen molar-refractivity contribution < 1.29 is 14.3 Å². The Kier molecular flexibility index (Phi) is 4.04. The second-order valence-electron chi connectivity index (χ2n) is 7.97. The summed E-state index contributed by atoms with van der Waals surface area (Å²) in [4.78, 5) is 12.9. The van der Waals surface area contributed by atoms with E-state index in [1.165, 1.54) is 19.3 Å². The molecule has 0 spiro atoms. The minimum atomic E-state index is -0.438. The zero-order valence-corrected chi connectivity index (χ0v) is 13.6. The van der Waals surface area contributed by atoms with E-state index in [9.17, 15) is 4.79 Å². The van der Waals surface area contributed by atoms with E-state index >= 15 is 0 Å². The summed E-state index contributed by atoms with van der Waals surface area (Å²) in [6.45, 7) is 3.00. The molecule has 0 aromatic carbocycles. The van der Waals surface area contributed by atoms with Gasteiger partial charge in [-0.15, -0.1) is 0 Å². The van der Waals surface area contributed by atoms with Crippen LogP contribution in [0.4, 0.5) is 0 Å². The average Bonchev–Trinajstić information content (AvgIpc) is 2.43. The summed E-state index contributed by atoms with van der Waals surface area (Å²) in [6.07, 6.45) is 7.43. The third-order valence-electron chi connectivity index (χ3n) is 6.09. The number of methoxy groups -OCH3 is 2. The molecule has 1 atom stereocenters. The van der Waals surface area contributed by atoms with Gasteiger partial charge in [-0.2, -0.15) is 0 Å². The molecule has 1 N–H and O–H groups in total. The molecular formula is C17H29NO3. The first-order valence-corrected chi connectivity index (χ1v) is 8.31. The predicted molar refractivity (Wildman–Crippen MR) is 80.9 cm³/mol. The molecule has 0 radical (unpaired) electrons. The van der Waals surface area contributed by atoms with E-state index < -0.39 is 5.60 Å². The third kappa shape index (κ3) is 2.85. The second kappa shape index (κ2) is 5.54. The monoisotopic (exact) mass is 295 g/mol. The predicted octanol–water partition coefficient (Wildman–Crippen LogP) is 2.37. The van der Waals surface area contributed by atoms with Crippen molar-refractivity contribution in [2.24, 2.45) is 23.2 Å². The molecule has 4 aliphatic carbocycles. The number of ether oxygens (including phenoxy) is 2. The molecule has 0 heterocycles. The summed E-state index contributed by atoms with van der Waals surface area (Å²) in [5.41, 5.74) is -0.511. The Morgan fingerprint density at radius 3 is 2.10 bits per heavy atom. The van der Waals surface area contributed by atoms with Crippen LogP contribution in [0.3, 0.4) is 0 Å². The lowest BCUT2D eigenvalue weighted by atomic mass is 9.49. The van der Waals surface area contributed by atoms with Gasteiger partial charge in [0.1, 0.15) is 5.60 Å². The summed E-state index contributed by atoms with van der Waals surface area (Å²) in [5.74, 6) is 2.67. The standard InChI is InChI=1S/C17H29NO3/c1-16(21-3,11-20-2)10-18-15(19)17-7-12-4-13(8-17)6-14(5-12)9-17/h12-14H,4-11H2,1-3H3,(H,18,19)/t12?,13?,14?,16-,17?/m0/s1. The van der Waals surface area contributed by atoms with Crippen molar-refractivity contribution in [2.45, 2.75) is 51.0 Å². The normalized spacial score (nSPS) is 40.0. The van der Waals surface area contributed by atoms with E-state index in [1.807, 2.05) is 6.92 Å². The van der Waals surface area contributed by atoms with Crippen molar-refractivity contribution in [3.63, 3.8) is 0 Å². The van der Waals surface area contributed by atoms with Gasteiger partial charge in [-0.3, -0.25) is 4.79 Å². The largest absolute Gasteiger partial charge is 0.382 e. The Morgan fingerprint density at radius 2 is 1.67 bits per heavy atom. The maximum atomic E-state index is 12.9. The second-order valence-corrected chi connectivity index (χ2v) is 7.97. The maximum Gasteiger partial charge on any atom is 0.226 e. The van der Waals surface area contributed by atoms with Crippen molar-refractivity contribution in [1.82, 2.24) is 5.32 Å². The van der Waals surface area contributed by atoms with Crippen molar-refractivity contribution in [2.75, 3.05) is 27.4 Å². The highest BCUT2D eigenvalue weighted by Gasteiger charge is 2.54. The number of carbonyl (C=O) groups excluding carboxylic acids is 1. The first-order valence-electron chi connectivity index (χ1n) is 8.31. The Bertz CT molecular complexity index is 374. The smallest absolute Gasteiger partial charge is 0.226 e. The van der Waals surface area contributed by atoms with Gasteiger partial charge >= 0.3 is 0 Å². The van der Waals surface area contributed by atoms with Crippen LogP contribution in [0.15, 0.2) is 0 Å². The van der Waals surface area contributed by atoms with Crippen molar-refractivity contribution in [3.05, 3.63) is 0 Å². The quantitative estimate of drug-likeness (QED) is 0.818. The highest BCUT2D eigenvalue weighted by atomic mass is 16.5. The van der Waals surface area contributed by atoms with Crippen LogP contribution in [0.2, 0.25) is 0 Å². The van der Waals surface area contributed by atoms with Gasteiger partial charge in [0.2, 0.25) is 5.91 Å². The number of rotatable bonds is 6. The first kappa shape index (κ1) is 15.3. The van der Waals surface area contributed by atoms with Gasteiger partial charge in [0.05, 0.1) is 6.61 Å². The molecule has 0 saturated heterocycles. The fourth-order valence-corrected chi connectivity index (χ4v) is 5.33. The topological polar surface area (TPSA) is 47.6 Å². The van der Waals surface area contributed by atoms with E-state index in [4.69, 9.17) is 9.47 Å². The number of carbonyl (C=O) groups is 1. The van der Waals surface area contributed by atoms with E-state index in [0.29, 0.717) is 13.2 Å². The maximum absolute atomic E-state index is 12.9. The molecule has 0 aromatic rings. The minimum Gasteiger partial charge on any atom is -0.382 e. The summed E-state index contributed by atoms with van der Waals surface area (Å²) >= 11 is 0. The molecule has 4 saturated carbocycles. The van der Waals surface area contributed by atoms with Crippen LogP contribution in [0.5, 0.6) is 0 Å². The number of hydrogen-bond acceptors (Lipinski definition) is 3. The van der Waals surface area contributed by atoms with Crippen LogP contribution >= 0.6 is 0 Å². The molecule has 0 aromatic heterocycles. The molecule has 21 heavy (non-hydrogen) atoms. The van der Waals surface area contributed by atoms with Gasteiger partial charge < -0.3 is 14.8 Å². The molecule has 0 unspecified atom stereocenters. The fraction of sp³-hybridized carbons (Fsp3) is 0.941. The summed E-state index contributed by atoms with van der Waals surface area (Å²) < 4.78 is 10.7. The molecule has 4 rings (SSSR count). The van der Waals surface area contributed by atoms with Gasteiger partial charge in [0.15, 0.2) is 0 Å². The lowest BCUT2D eigenvalue weighted by Crippen LogP contribution is -2.56. The van der Waals surface area contributed by atoms with Gasteiger partial charge in [0.25, 0.3) is 0 Å². The zero-order valence-electron chi connectivity index (χ0n) is 13.6. The molecule has 1 amide bonds. The van der Waals surface area contributed by atoms with Gasteiger partial charge in [-0.05, 0) is 63.2 Å². The highest BCUT2D eigenvalue weighted by Crippen LogP contribution is 2.60. The van der Waals surface area contributed by atoms with Crippen molar-refractivity contribution in [1.29, 1.82) is 0 Å². The zero-order chi connectivity index (χ0) is 15.1. The molecule has 120 valence electrons.